The van der Waals surface area contributed by atoms with Crippen LogP contribution < -0.4 is 5.32 Å². The molecule has 1 saturated heterocycles. The van der Waals surface area contributed by atoms with Gasteiger partial charge in [0.15, 0.2) is 6.61 Å². The highest BCUT2D eigenvalue weighted by atomic mass is 19.4. The van der Waals surface area contributed by atoms with Gasteiger partial charge in [-0.05, 0) is 25.0 Å². The minimum atomic E-state index is -5.03. The number of nitrogens with zero attached hydrogens (tertiary/aromatic N) is 2. The molecule has 0 spiro atoms. The Labute approximate surface area is 166 Å². The molecular weight excluding hydrogens is 418 g/mol. The van der Waals surface area contributed by atoms with Gasteiger partial charge in [-0.1, -0.05) is 0 Å². The highest BCUT2D eigenvalue weighted by Crippen LogP contribution is 2.22. The fraction of sp³-hybridized carbons (Fsp3) is 0.353. The van der Waals surface area contributed by atoms with Crippen LogP contribution in [0.2, 0.25) is 0 Å². The number of anilines is 1. The quantitative estimate of drug-likeness (QED) is 0.230. The molecule has 1 heterocycles. The monoisotopic (exact) mass is 433 g/mol. The van der Waals surface area contributed by atoms with Gasteiger partial charge in [-0.15, -0.1) is 0 Å². The van der Waals surface area contributed by atoms with Gasteiger partial charge in [0.25, 0.3) is 11.7 Å². The van der Waals surface area contributed by atoms with Gasteiger partial charge in [0, 0.05) is 30.6 Å². The Morgan fingerprint density at radius 3 is 2.67 bits per heavy atom. The van der Waals surface area contributed by atoms with Gasteiger partial charge in [-0.25, -0.2) is 4.79 Å². The number of allylic oxidation sites excluding steroid dienone is 1. The van der Waals surface area contributed by atoms with E-state index in [0.717, 1.165) is 24.4 Å². The molecule has 30 heavy (non-hydrogen) atoms. The summed E-state index contributed by atoms with van der Waals surface area (Å²) in [5.74, 6) is -4.93. The van der Waals surface area contributed by atoms with Crippen LogP contribution in [-0.2, 0) is 19.1 Å². The van der Waals surface area contributed by atoms with E-state index in [4.69, 9.17) is 4.74 Å². The number of nitrogens with one attached hydrogen (secondary N) is 1. The molecule has 13 heteroatoms. The van der Waals surface area contributed by atoms with Crippen molar-refractivity contribution in [1.29, 1.82) is 0 Å². The number of benzene rings is 1. The number of ketones is 1. The summed E-state index contributed by atoms with van der Waals surface area (Å²) in [7, 11) is 0. The van der Waals surface area contributed by atoms with Crippen molar-refractivity contribution in [2.24, 2.45) is 0 Å². The summed E-state index contributed by atoms with van der Waals surface area (Å²) in [5, 5.41) is 12.9. The van der Waals surface area contributed by atoms with Crippen molar-refractivity contribution in [1.82, 2.24) is 4.90 Å². The molecule has 1 amide bonds. The van der Waals surface area contributed by atoms with Gasteiger partial charge in [0.1, 0.15) is 6.04 Å². The van der Waals surface area contributed by atoms with Gasteiger partial charge in [0.05, 0.1) is 4.92 Å². The number of carbonyl (C=O) groups excluding carboxylic acids is 3. The predicted molar refractivity (Wildman–Crippen MR) is 92.6 cm³/mol. The second kappa shape index (κ2) is 9.33. The lowest BCUT2D eigenvalue weighted by Gasteiger charge is -2.21. The standard InChI is InChI=1S/C17H15F4N3O6/c18-11-4-3-10(8-13(11)24(28)29)22-15(26)9-30-16(27)12-2-1-6-23(12)7-5-14(25)17(19,20)21/h3-5,7-8,12H,1-2,6,9H2,(H,22,26)/t12-/m0/s1. The summed E-state index contributed by atoms with van der Waals surface area (Å²) in [6.07, 6.45) is -3.17. The molecular formula is C17H15F4N3O6. The molecule has 0 saturated carbocycles. The molecule has 0 aromatic heterocycles. The van der Waals surface area contributed by atoms with Gasteiger partial charge in [-0.3, -0.25) is 19.7 Å². The maximum absolute atomic E-state index is 13.3. The summed E-state index contributed by atoms with van der Waals surface area (Å²) in [6, 6.07) is 1.67. The van der Waals surface area contributed by atoms with Gasteiger partial charge < -0.3 is 15.0 Å². The van der Waals surface area contributed by atoms with E-state index in [1.165, 1.54) is 4.90 Å². The first kappa shape index (κ1) is 22.8. The average Bonchev–Trinajstić information content (AvgIpc) is 3.13. The van der Waals surface area contributed by atoms with Gasteiger partial charge >= 0.3 is 17.8 Å². The zero-order chi connectivity index (χ0) is 22.5. The minimum Gasteiger partial charge on any atom is -0.454 e. The van der Waals surface area contributed by atoms with Crippen LogP contribution in [0.4, 0.5) is 28.9 Å². The van der Waals surface area contributed by atoms with Crippen LogP contribution in [0.25, 0.3) is 0 Å². The first-order valence-corrected chi connectivity index (χ1v) is 8.44. The summed E-state index contributed by atoms with van der Waals surface area (Å²) >= 11 is 0. The molecule has 0 unspecified atom stereocenters. The molecule has 0 radical (unpaired) electrons. The number of amides is 1. The lowest BCUT2D eigenvalue weighted by atomic mass is 10.2. The van der Waals surface area contributed by atoms with Crippen LogP contribution in [-0.4, -0.2) is 52.9 Å². The Kier molecular flexibility index (Phi) is 7.08. The first-order valence-electron chi connectivity index (χ1n) is 8.44. The smallest absolute Gasteiger partial charge is 0.454 e. The van der Waals surface area contributed by atoms with Crippen LogP contribution in [0.3, 0.4) is 0 Å². The fourth-order valence-electron chi connectivity index (χ4n) is 2.64. The van der Waals surface area contributed by atoms with Crippen molar-refractivity contribution >= 4 is 29.0 Å². The van der Waals surface area contributed by atoms with Crippen LogP contribution in [0, 0.1) is 15.9 Å². The Balaban J connectivity index is 1.91. The topological polar surface area (TPSA) is 119 Å². The maximum Gasteiger partial charge on any atom is 0.454 e. The zero-order valence-corrected chi connectivity index (χ0v) is 15.1. The molecule has 1 N–H and O–H groups in total. The number of likely N-dealkylation sites (tertiary alicyclic amines) is 1. The third-order valence-electron chi connectivity index (χ3n) is 4.04. The third kappa shape index (κ3) is 5.99. The number of alkyl halides is 3. The largest absolute Gasteiger partial charge is 0.454 e. The molecule has 0 bridgehead atoms. The third-order valence-corrected chi connectivity index (χ3v) is 4.04. The summed E-state index contributed by atoms with van der Waals surface area (Å²) in [4.78, 5) is 45.8. The lowest BCUT2D eigenvalue weighted by Crippen LogP contribution is -2.35. The van der Waals surface area contributed by atoms with Crippen molar-refractivity contribution in [3.05, 3.63) is 46.4 Å². The number of rotatable bonds is 7. The Bertz CT molecular complexity index is 887. The first-order chi connectivity index (χ1) is 14.0. The Morgan fingerprint density at radius 1 is 1.33 bits per heavy atom. The van der Waals surface area contributed by atoms with Gasteiger partial charge in [-0.2, -0.15) is 17.6 Å². The number of ether oxygens (including phenoxy) is 1. The normalized spacial score (nSPS) is 16.5. The molecule has 0 aliphatic carbocycles. The second-order valence-electron chi connectivity index (χ2n) is 6.15. The molecule has 9 nitrogen and oxygen atoms in total. The molecule has 2 rings (SSSR count). The van der Waals surface area contributed by atoms with Crippen molar-refractivity contribution in [2.45, 2.75) is 25.1 Å². The molecule has 1 aliphatic heterocycles. The van der Waals surface area contributed by atoms with Crippen molar-refractivity contribution < 1.29 is 41.6 Å². The number of nitro groups is 1. The highest BCUT2D eigenvalue weighted by Gasteiger charge is 2.37. The number of hydrogen-bond acceptors (Lipinski definition) is 7. The van der Waals surface area contributed by atoms with Crippen molar-refractivity contribution in [3.8, 4) is 0 Å². The van der Waals surface area contributed by atoms with Crippen LogP contribution in [0.1, 0.15) is 12.8 Å². The number of esters is 1. The van der Waals surface area contributed by atoms with E-state index in [2.05, 4.69) is 5.32 Å². The summed E-state index contributed by atoms with van der Waals surface area (Å²) in [5.41, 5.74) is -0.952. The van der Waals surface area contributed by atoms with Gasteiger partial charge in [0.2, 0.25) is 5.82 Å². The van der Waals surface area contributed by atoms with Crippen molar-refractivity contribution in [2.75, 3.05) is 18.5 Å². The number of carbonyl (C=O) groups is 3. The highest BCUT2D eigenvalue weighted by molar-refractivity contribution is 5.94. The zero-order valence-electron chi connectivity index (χ0n) is 15.1. The SMILES string of the molecule is O=C(COC(=O)[C@@H]1CCCN1C=CC(=O)C(F)(F)F)Nc1ccc(F)c([N+](=O)[O-])c1. The summed E-state index contributed by atoms with van der Waals surface area (Å²) < 4.78 is 54.8. The Morgan fingerprint density at radius 2 is 2.03 bits per heavy atom. The predicted octanol–water partition coefficient (Wildman–Crippen LogP) is 2.33. The van der Waals surface area contributed by atoms with Crippen LogP contribution in [0.15, 0.2) is 30.5 Å². The van der Waals surface area contributed by atoms with E-state index in [1.807, 2.05) is 0 Å². The molecule has 1 atom stereocenters. The fourth-order valence-corrected chi connectivity index (χ4v) is 2.64. The minimum absolute atomic E-state index is 0.0970. The molecule has 1 aliphatic rings. The second-order valence-corrected chi connectivity index (χ2v) is 6.15. The van der Waals surface area contributed by atoms with Crippen molar-refractivity contribution in [3.63, 3.8) is 0 Å². The molecule has 1 aromatic rings. The van der Waals surface area contributed by atoms with E-state index in [9.17, 15) is 42.1 Å². The van der Waals surface area contributed by atoms with Crippen LogP contribution in [0.5, 0.6) is 0 Å². The number of halogens is 4. The lowest BCUT2D eigenvalue weighted by molar-refractivity contribution is -0.387. The average molecular weight is 433 g/mol. The number of nitro benzene ring substituents is 1. The van der Waals surface area contributed by atoms with Crippen LogP contribution >= 0.6 is 0 Å². The number of hydrogen-bond donors (Lipinski definition) is 1. The van der Waals surface area contributed by atoms with E-state index in [-0.39, 0.29) is 18.7 Å². The molecule has 1 aromatic carbocycles. The molecule has 1 fully saturated rings. The Hall–Kier alpha value is -3.51. The maximum atomic E-state index is 13.3. The van der Waals surface area contributed by atoms with E-state index >= 15 is 0 Å². The molecule has 162 valence electrons. The summed E-state index contributed by atoms with van der Waals surface area (Å²) in [6.45, 7) is -0.563. The van der Waals surface area contributed by atoms with E-state index < -0.39 is 52.9 Å². The van der Waals surface area contributed by atoms with E-state index in [0.29, 0.717) is 12.5 Å². The van der Waals surface area contributed by atoms with E-state index in [1.54, 1.807) is 0 Å².